The molecule has 0 fully saturated rings. The molecule has 2 aromatic carbocycles. The predicted molar refractivity (Wildman–Crippen MR) is 436 cm³/mol. The molecule has 0 aliphatic rings. The van der Waals surface area contributed by atoms with Gasteiger partial charge in [-0.2, -0.15) is 0 Å². The molecule has 0 unspecified atom stereocenters. The molecule has 1 aromatic heterocycles. The first-order chi connectivity index (χ1) is 56.8. The Morgan fingerprint density at radius 1 is 0.430 bits per heavy atom. The average Bonchev–Trinajstić information content (AvgIpc) is 1.22. The van der Waals surface area contributed by atoms with Gasteiger partial charge in [-0.25, -0.2) is 9.78 Å². The number of carboxylic acids is 2. The van der Waals surface area contributed by atoms with Gasteiger partial charge in [-0.3, -0.25) is 76.9 Å². The smallest absolute Gasteiger partial charge is 0.328 e. The molecule has 3 aromatic rings. The van der Waals surface area contributed by atoms with E-state index >= 15 is 0 Å². The molecule has 14 amide bonds. The van der Waals surface area contributed by atoms with E-state index < -0.39 is 235 Å². The van der Waals surface area contributed by atoms with Crippen LogP contribution in [0.3, 0.4) is 0 Å². The second-order valence-corrected chi connectivity index (χ2v) is 30.6. The van der Waals surface area contributed by atoms with Gasteiger partial charge >= 0.3 is 11.9 Å². The number of aromatic hydroxyl groups is 1. The average molecular weight is 1710 g/mol. The van der Waals surface area contributed by atoms with Gasteiger partial charge in [0.1, 0.15) is 84.3 Å². The first-order valence-electron chi connectivity index (χ1n) is 39.7. The minimum Gasteiger partial charge on any atom is -0.508 e. The van der Waals surface area contributed by atoms with E-state index in [4.69, 9.17) is 17.2 Å². The number of nitrogens with two attached hydrogens (primary N) is 3. The van der Waals surface area contributed by atoms with Gasteiger partial charge in [0.2, 0.25) is 82.7 Å². The summed E-state index contributed by atoms with van der Waals surface area (Å²) >= 11 is 0. The van der Waals surface area contributed by atoms with E-state index in [0.29, 0.717) is 23.2 Å². The van der Waals surface area contributed by atoms with E-state index in [0.717, 1.165) is 20.8 Å². The van der Waals surface area contributed by atoms with Gasteiger partial charge in [-0.05, 0) is 107 Å². The highest BCUT2D eigenvalue weighted by atomic mass is 16.4. The number of carboxylic acid groups (broad SMARTS) is 2. The fourth-order valence-corrected chi connectivity index (χ4v) is 12.0. The summed E-state index contributed by atoms with van der Waals surface area (Å²) in [6.45, 7) is 15.6. The fraction of sp³-hybridized carbons (Fsp3) is 0.590. The normalized spacial score (nSPS) is 16.0. The number of nitrogens with one attached hydrogen (secondary N) is 15. The van der Waals surface area contributed by atoms with E-state index in [9.17, 15) is 112 Å². The van der Waals surface area contributed by atoms with Crippen molar-refractivity contribution in [2.45, 2.75) is 250 Å². The monoisotopic (exact) mass is 1710 g/mol. The molecule has 0 saturated carbocycles. The molecule has 0 saturated heterocycles. The molecule has 19 atom stereocenters. The number of phenolic OH excluding ortho intramolecular Hbond substituents is 1. The zero-order valence-electron chi connectivity index (χ0n) is 70.0. The quantitative estimate of drug-likeness (QED) is 0.0142. The van der Waals surface area contributed by atoms with Crippen molar-refractivity contribution in [2.75, 3.05) is 19.8 Å². The van der Waals surface area contributed by atoms with Gasteiger partial charge in [0.05, 0.1) is 44.2 Å². The SMILES string of the molecule is CC[C@H](C)[C@H](NC(=O)[C@H](CC(C)C)NC(=O)[C@H](Cc1cnc[nH]1)NC(=O)[C@H](C)NC(=O)[C@H](CC(C)C)NC(=O)[C@H](CC(=O)O)NC(=O)[C@H](CO)NC(=O)[C@H](CCCN=C(N)N)NC(=O)[C@H](C)NC(=O)[C@H](CO)NC(=O)[C@H](Cc1ccccc1)NC(=O)[C@@H](NC(=O)[C@@H](N)Cc1ccc(O)cc1)[C@@H](C)CC)C(=O)N[C@H](C(=O)N[C@H](C(=O)O)[C@@H](C)O)[C@@H](C)O. The van der Waals surface area contributed by atoms with Crippen LogP contribution >= 0.6 is 0 Å². The first-order valence-corrected chi connectivity index (χ1v) is 39.7. The molecule has 3 rings (SSSR count). The fourth-order valence-electron chi connectivity index (χ4n) is 12.0. The number of benzene rings is 2. The number of H-pyrrole nitrogens is 1. The maximum absolute atomic E-state index is 14.4. The number of imidazole rings is 1. The highest BCUT2D eigenvalue weighted by molar-refractivity contribution is 6.01. The molecule has 43 heteroatoms. The van der Waals surface area contributed by atoms with E-state index in [1.165, 1.54) is 31.6 Å². The number of hydrogen-bond acceptors (Lipinski definition) is 24. The summed E-state index contributed by atoms with van der Waals surface area (Å²) in [5, 5.41) is 105. The number of carbonyl (C=O) groups is 16. The van der Waals surface area contributed by atoms with E-state index in [1.807, 2.05) is 0 Å². The molecule has 1 heterocycles. The molecule has 43 nitrogen and oxygen atoms in total. The highest BCUT2D eigenvalue weighted by Gasteiger charge is 2.40. The zero-order chi connectivity index (χ0) is 91.2. The van der Waals surface area contributed by atoms with E-state index in [2.05, 4.69) is 89.4 Å². The van der Waals surface area contributed by atoms with Gasteiger partial charge in [-0.1, -0.05) is 111 Å². The first kappa shape index (κ1) is 103. The van der Waals surface area contributed by atoms with Crippen LogP contribution in [0.15, 0.2) is 72.1 Å². The summed E-state index contributed by atoms with van der Waals surface area (Å²) in [5.74, 6) is -20.1. The topological polar surface area (TPSA) is 702 Å². The highest BCUT2D eigenvalue weighted by Crippen LogP contribution is 2.18. The number of carbonyl (C=O) groups excluding carboxylic acids is 14. The number of phenols is 1. The lowest BCUT2D eigenvalue weighted by atomic mass is 9.96. The third-order valence-corrected chi connectivity index (χ3v) is 19.4. The largest absolute Gasteiger partial charge is 0.508 e. The zero-order valence-corrected chi connectivity index (χ0v) is 70.0. The molecule has 672 valence electrons. The third-order valence-electron chi connectivity index (χ3n) is 19.4. The molecule has 0 aliphatic carbocycles. The Morgan fingerprint density at radius 2 is 0.810 bits per heavy atom. The van der Waals surface area contributed by atoms with Crippen molar-refractivity contribution in [2.24, 2.45) is 45.9 Å². The number of aliphatic imine (C=N–C) groups is 1. The van der Waals surface area contributed by atoms with Crippen LogP contribution in [0.5, 0.6) is 5.75 Å². The molecular formula is C78H122N20O23. The summed E-state index contributed by atoms with van der Waals surface area (Å²) < 4.78 is 0. The van der Waals surface area contributed by atoms with E-state index in [1.54, 1.807) is 97.9 Å². The molecule has 0 radical (unpaired) electrons. The van der Waals surface area contributed by atoms with E-state index in [-0.39, 0.29) is 75.5 Å². The van der Waals surface area contributed by atoms with Crippen molar-refractivity contribution in [1.82, 2.24) is 84.4 Å². The maximum Gasteiger partial charge on any atom is 0.328 e. The number of aliphatic hydroxyl groups is 4. The van der Waals surface area contributed by atoms with Crippen LogP contribution in [0, 0.1) is 23.7 Å². The van der Waals surface area contributed by atoms with Crippen molar-refractivity contribution < 1.29 is 112 Å². The number of amides is 14. The Balaban J connectivity index is 1.83. The number of aliphatic hydroxyl groups excluding tert-OH is 4. The van der Waals surface area contributed by atoms with Crippen molar-refractivity contribution in [3.8, 4) is 5.75 Å². The number of aromatic amines is 1. The summed E-state index contributed by atoms with van der Waals surface area (Å²) in [5.41, 5.74) is 18.7. The molecule has 0 spiro atoms. The molecule has 121 heavy (non-hydrogen) atoms. The lowest BCUT2D eigenvalue weighted by Gasteiger charge is -2.30. The lowest BCUT2D eigenvalue weighted by Crippen LogP contribution is -2.62. The second kappa shape index (κ2) is 51.5. The summed E-state index contributed by atoms with van der Waals surface area (Å²) in [6.07, 6.45) is -2.15. The van der Waals surface area contributed by atoms with Crippen LogP contribution in [0.2, 0.25) is 0 Å². The van der Waals surface area contributed by atoms with Crippen molar-refractivity contribution in [3.05, 3.63) is 83.9 Å². The summed E-state index contributed by atoms with van der Waals surface area (Å²) in [4.78, 5) is 231. The number of aliphatic carboxylic acids is 2. The Hall–Kier alpha value is -12.0. The molecular weight excluding hydrogens is 1580 g/mol. The van der Waals surface area contributed by atoms with Crippen molar-refractivity contribution >= 4 is 101 Å². The Bertz CT molecular complexity index is 3980. The van der Waals surface area contributed by atoms with Gasteiger partial charge < -0.3 is 132 Å². The molecule has 0 aliphatic heterocycles. The van der Waals surface area contributed by atoms with Crippen LogP contribution in [0.1, 0.15) is 145 Å². The van der Waals surface area contributed by atoms with Crippen LogP contribution in [-0.2, 0) is 96.0 Å². The molecule has 0 bridgehead atoms. The van der Waals surface area contributed by atoms with Gasteiger partial charge in [0, 0.05) is 31.3 Å². The predicted octanol–water partition coefficient (Wildman–Crippen LogP) is -6.16. The molecule has 28 N–H and O–H groups in total. The van der Waals surface area contributed by atoms with Crippen LogP contribution in [0.25, 0.3) is 0 Å². The number of hydrogen-bond donors (Lipinski definition) is 25. The Morgan fingerprint density at radius 3 is 1.26 bits per heavy atom. The Labute approximate surface area is 700 Å². The maximum atomic E-state index is 14.4. The Kier molecular flexibility index (Phi) is 43.9. The number of aromatic nitrogens is 2. The minimum atomic E-state index is -2.06. The van der Waals surface area contributed by atoms with Crippen molar-refractivity contribution in [1.29, 1.82) is 0 Å². The minimum absolute atomic E-state index is 0.000738. The number of nitrogens with zero attached hydrogens (tertiary/aromatic N) is 2. The van der Waals surface area contributed by atoms with Crippen molar-refractivity contribution in [3.63, 3.8) is 0 Å². The number of rotatable bonds is 53. The summed E-state index contributed by atoms with van der Waals surface area (Å²) in [6, 6.07) is -9.70. The van der Waals surface area contributed by atoms with Gasteiger partial charge in [0.15, 0.2) is 12.0 Å². The second-order valence-electron chi connectivity index (χ2n) is 30.6. The van der Waals surface area contributed by atoms with Crippen LogP contribution in [-0.4, -0.2) is 269 Å². The lowest BCUT2D eigenvalue weighted by molar-refractivity contribution is -0.146. The van der Waals surface area contributed by atoms with Gasteiger partial charge in [0.25, 0.3) is 0 Å². The van der Waals surface area contributed by atoms with Crippen LogP contribution < -0.4 is 91.6 Å². The number of guanidine groups is 1. The standard InChI is InChI=1S/C78H122N20O23/c1-13-39(7)59(95-65(108)49(79)29-46-22-24-48(103)25-23-46)74(117)92-53(30-45-19-16-15-17-20-45)68(111)94-56(34-99)72(115)86-41(9)63(106)87-50(21-18-26-83-78(80)81)66(109)93-57(35-100)73(116)91-55(32-58(104)105)70(113)89-51(27-37(3)4)67(110)85-42(10)64(107)88-54(31-47-33-82-36-84-47)69(112)90-52(28-38(5)6)71(114)96-60(40(8)14-2)75(118)97-61(43(11)101)76(119)98-62(44(12)102)77(120)121/h15-17,19-20,22-25,33,36-44,49-57,59-62,99-103H,13-14,18,21,26-32,34-35,79H2,1-12H3,(H,82,84)(H,85,110)(H,86,115)(H,87,106)(H,88,107)(H,89,113)(H,90,112)(H,91,116)(H,92,117)(H,93,109)(H,94,111)(H,95,108)(H,96,114)(H,97,118)(H,98,119)(H,104,105)(H,120,121)(H4,80,81,83)/t39-,40-,41-,42-,43+,44+,49-,50-,51-,52-,53-,54-,55-,56-,57-,59-,60-,61-,62-/m0/s1. The summed E-state index contributed by atoms with van der Waals surface area (Å²) in [7, 11) is 0. The third kappa shape index (κ3) is 35.9. The van der Waals surface area contributed by atoms with Gasteiger partial charge in [-0.15, -0.1) is 0 Å². The van der Waals surface area contributed by atoms with Crippen LogP contribution in [0.4, 0.5) is 0 Å².